The molecule has 0 saturated heterocycles. The van der Waals surface area contributed by atoms with Gasteiger partial charge in [-0.2, -0.15) is 0 Å². The van der Waals surface area contributed by atoms with E-state index in [2.05, 4.69) is 10.0 Å². The lowest BCUT2D eigenvalue weighted by molar-refractivity contribution is -0.384. The number of amides is 1. The number of non-ortho nitro benzene ring substituents is 1. The van der Waals surface area contributed by atoms with Gasteiger partial charge in [-0.25, -0.2) is 13.1 Å². The molecule has 0 spiro atoms. The number of hydrogen-bond donors (Lipinski definition) is 2. The highest BCUT2D eigenvalue weighted by Crippen LogP contribution is 2.28. The van der Waals surface area contributed by atoms with Crippen LogP contribution in [-0.2, 0) is 14.8 Å². The summed E-state index contributed by atoms with van der Waals surface area (Å²) in [7, 11) is -3.69. The molecule has 1 aliphatic carbocycles. The summed E-state index contributed by atoms with van der Waals surface area (Å²) in [6.45, 7) is -0.408. The minimum absolute atomic E-state index is 0.0211. The average molecular weight is 454 g/mol. The predicted molar refractivity (Wildman–Crippen MR) is 111 cm³/mol. The maximum atomic E-state index is 12.5. The first-order valence-electron chi connectivity index (χ1n) is 9.23. The maximum absolute atomic E-state index is 12.5. The van der Waals surface area contributed by atoms with Gasteiger partial charge in [0.05, 0.1) is 14.8 Å². The van der Waals surface area contributed by atoms with E-state index < -0.39 is 27.5 Å². The Bertz CT molecular complexity index is 1050. The molecule has 0 radical (unpaired) electrons. The number of rotatable bonds is 8. The molecule has 30 heavy (non-hydrogen) atoms. The summed E-state index contributed by atoms with van der Waals surface area (Å²) >= 11 is 6.13. The number of halogens is 1. The van der Waals surface area contributed by atoms with E-state index in [9.17, 15) is 23.3 Å². The van der Waals surface area contributed by atoms with Crippen molar-refractivity contribution in [3.05, 3.63) is 57.6 Å². The standard InChI is InChI=1S/C19H20ClN3O6S/c20-17-11-16(30(27,28)22-13-4-1-2-5-13)8-9-18(17)29-12-19(24)21-14-6-3-7-15(10-14)23(25)26/h3,6-11,13,22H,1-2,4-5,12H2,(H,21,24). The first-order valence-corrected chi connectivity index (χ1v) is 11.1. The largest absolute Gasteiger partial charge is 0.482 e. The summed E-state index contributed by atoms with van der Waals surface area (Å²) in [6.07, 6.45) is 3.62. The van der Waals surface area contributed by atoms with Crippen LogP contribution in [0, 0.1) is 10.1 Å². The van der Waals surface area contributed by atoms with Gasteiger partial charge in [0, 0.05) is 23.9 Å². The number of nitro groups is 1. The van der Waals surface area contributed by atoms with E-state index in [0.717, 1.165) is 25.7 Å². The smallest absolute Gasteiger partial charge is 0.271 e. The Morgan fingerprint density at radius 2 is 1.93 bits per heavy atom. The molecule has 0 atom stereocenters. The van der Waals surface area contributed by atoms with Gasteiger partial charge >= 0.3 is 0 Å². The normalized spacial score (nSPS) is 14.4. The minimum Gasteiger partial charge on any atom is -0.482 e. The van der Waals surface area contributed by atoms with Crippen LogP contribution in [0.25, 0.3) is 0 Å². The molecule has 3 rings (SSSR count). The van der Waals surface area contributed by atoms with E-state index in [1.54, 1.807) is 0 Å². The highest BCUT2D eigenvalue weighted by Gasteiger charge is 2.23. The van der Waals surface area contributed by atoms with Crippen LogP contribution in [0.5, 0.6) is 5.75 Å². The van der Waals surface area contributed by atoms with Crippen LogP contribution in [0.1, 0.15) is 25.7 Å². The molecule has 11 heteroatoms. The van der Waals surface area contributed by atoms with Gasteiger partial charge in [-0.3, -0.25) is 14.9 Å². The van der Waals surface area contributed by atoms with Crippen molar-refractivity contribution in [3.8, 4) is 5.75 Å². The molecule has 160 valence electrons. The van der Waals surface area contributed by atoms with Crippen LogP contribution < -0.4 is 14.8 Å². The van der Waals surface area contributed by atoms with E-state index in [1.807, 2.05) is 0 Å². The van der Waals surface area contributed by atoms with Gasteiger partial charge in [0.2, 0.25) is 10.0 Å². The molecular formula is C19H20ClN3O6S. The number of hydrogen-bond acceptors (Lipinski definition) is 6. The fraction of sp³-hybridized carbons (Fsp3) is 0.316. The lowest BCUT2D eigenvalue weighted by Crippen LogP contribution is -2.32. The van der Waals surface area contributed by atoms with Crippen LogP contribution in [-0.4, -0.2) is 31.9 Å². The van der Waals surface area contributed by atoms with Crippen molar-refractivity contribution >= 4 is 38.9 Å². The summed E-state index contributed by atoms with van der Waals surface area (Å²) in [5.41, 5.74) is 0.100. The fourth-order valence-corrected chi connectivity index (χ4v) is 4.77. The molecule has 0 heterocycles. The van der Waals surface area contributed by atoms with Crippen molar-refractivity contribution in [2.24, 2.45) is 0 Å². The van der Waals surface area contributed by atoms with Gasteiger partial charge in [-0.15, -0.1) is 0 Å². The number of anilines is 1. The third kappa shape index (κ3) is 5.68. The zero-order valence-electron chi connectivity index (χ0n) is 15.8. The molecule has 1 aliphatic rings. The number of nitrogens with one attached hydrogen (secondary N) is 2. The van der Waals surface area contributed by atoms with Crippen molar-refractivity contribution < 1.29 is 22.9 Å². The number of ether oxygens (including phenoxy) is 1. The number of sulfonamides is 1. The fourth-order valence-electron chi connectivity index (χ4n) is 3.13. The molecule has 2 aromatic rings. The Balaban J connectivity index is 1.60. The Morgan fingerprint density at radius 3 is 2.60 bits per heavy atom. The lowest BCUT2D eigenvalue weighted by Gasteiger charge is -2.14. The van der Waals surface area contributed by atoms with Crippen LogP contribution in [0.4, 0.5) is 11.4 Å². The van der Waals surface area contributed by atoms with Crippen molar-refractivity contribution in [1.82, 2.24) is 4.72 Å². The molecule has 2 N–H and O–H groups in total. The number of benzene rings is 2. The Kier molecular flexibility index (Phi) is 6.91. The molecule has 0 aromatic heterocycles. The number of nitrogens with zero attached hydrogens (tertiary/aromatic N) is 1. The third-order valence-electron chi connectivity index (χ3n) is 4.59. The Morgan fingerprint density at radius 1 is 1.20 bits per heavy atom. The molecule has 0 aliphatic heterocycles. The Hall–Kier alpha value is -2.69. The molecule has 0 bridgehead atoms. The topological polar surface area (TPSA) is 128 Å². The lowest BCUT2D eigenvalue weighted by atomic mass is 10.3. The molecule has 1 saturated carbocycles. The van der Waals surface area contributed by atoms with E-state index in [0.29, 0.717) is 0 Å². The first kappa shape index (κ1) is 22.0. The maximum Gasteiger partial charge on any atom is 0.271 e. The SMILES string of the molecule is O=C(COc1ccc(S(=O)(=O)NC2CCCC2)cc1Cl)Nc1cccc([N+](=O)[O-])c1. The average Bonchev–Trinajstić information content (AvgIpc) is 3.19. The summed E-state index contributed by atoms with van der Waals surface area (Å²) < 4.78 is 33.0. The molecule has 0 unspecified atom stereocenters. The molecule has 1 fully saturated rings. The minimum atomic E-state index is -3.69. The summed E-state index contributed by atoms with van der Waals surface area (Å²) in [4.78, 5) is 22.3. The predicted octanol–water partition coefficient (Wildman–Crippen LogP) is 3.49. The third-order valence-corrected chi connectivity index (χ3v) is 6.40. The van der Waals surface area contributed by atoms with Crippen molar-refractivity contribution in [2.45, 2.75) is 36.6 Å². The summed E-state index contributed by atoms with van der Waals surface area (Å²) in [5, 5.41) is 13.3. The van der Waals surface area contributed by atoms with Gasteiger partial charge in [0.25, 0.3) is 11.6 Å². The Labute approximate surface area is 178 Å². The van der Waals surface area contributed by atoms with E-state index in [-0.39, 0.29) is 33.1 Å². The molecular weight excluding hydrogens is 434 g/mol. The van der Waals surface area contributed by atoms with Crippen molar-refractivity contribution in [1.29, 1.82) is 0 Å². The highest BCUT2D eigenvalue weighted by atomic mass is 35.5. The summed E-state index contributed by atoms with van der Waals surface area (Å²) in [5.74, 6) is -0.406. The molecule has 9 nitrogen and oxygen atoms in total. The van der Waals surface area contributed by atoms with Crippen LogP contribution >= 0.6 is 11.6 Å². The second-order valence-electron chi connectivity index (χ2n) is 6.84. The van der Waals surface area contributed by atoms with E-state index in [4.69, 9.17) is 16.3 Å². The second kappa shape index (κ2) is 9.41. The zero-order valence-corrected chi connectivity index (χ0v) is 17.4. The van der Waals surface area contributed by atoms with Gasteiger partial charge in [0.1, 0.15) is 5.75 Å². The summed E-state index contributed by atoms with van der Waals surface area (Å²) in [6, 6.07) is 9.43. The van der Waals surface area contributed by atoms with Crippen molar-refractivity contribution in [2.75, 3.05) is 11.9 Å². The second-order valence-corrected chi connectivity index (χ2v) is 8.96. The quantitative estimate of drug-likeness (QED) is 0.465. The van der Waals surface area contributed by atoms with Gasteiger partial charge in [-0.1, -0.05) is 30.5 Å². The number of carbonyl (C=O) groups excluding carboxylic acids is 1. The van der Waals surface area contributed by atoms with Gasteiger partial charge in [-0.05, 0) is 37.1 Å². The van der Waals surface area contributed by atoms with Crippen LogP contribution in [0.15, 0.2) is 47.4 Å². The van der Waals surface area contributed by atoms with E-state index in [1.165, 1.54) is 42.5 Å². The van der Waals surface area contributed by atoms with Gasteiger partial charge < -0.3 is 10.1 Å². The van der Waals surface area contributed by atoms with Crippen LogP contribution in [0.2, 0.25) is 5.02 Å². The van der Waals surface area contributed by atoms with Crippen molar-refractivity contribution in [3.63, 3.8) is 0 Å². The monoisotopic (exact) mass is 453 g/mol. The molecule has 1 amide bonds. The first-order chi connectivity index (χ1) is 14.2. The van der Waals surface area contributed by atoms with Crippen LogP contribution in [0.3, 0.4) is 0 Å². The van der Waals surface area contributed by atoms with Gasteiger partial charge in [0.15, 0.2) is 6.61 Å². The zero-order chi connectivity index (χ0) is 21.7. The number of carbonyl (C=O) groups is 1. The highest BCUT2D eigenvalue weighted by molar-refractivity contribution is 7.89. The van der Waals surface area contributed by atoms with E-state index >= 15 is 0 Å². The molecule has 2 aromatic carbocycles. The number of nitro benzene ring substituents is 1.